The Labute approximate surface area is 169 Å². The Bertz CT molecular complexity index is 1190. The van der Waals surface area contributed by atoms with Crippen molar-refractivity contribution < 1.29 is 13.9 Å². The molecule has 0 N–H and O–H groups in total. The van der Waals surface area contributed by atoms with Crippen molar-refractivity contribution in [1.82, 2.24) is 0 Å². The van der Waals surface area contributed by atoms with E-state index in [2.05, 4.69) is 12.1 Å². The first-order chi connectivity index (χ1) is 14.1. The molecule has 0 radical (unpaired) electrons. The lowest BCUT2D eigenvalue weighted by Crippen LogP contribution is -2.06. The number of benzene rings is 3. The Morgan fingerprint density at radius 2 is 1.72 bits per heavy atom. The molecule has 0 spiro atoms. The summed E-state index contributed by atoms with van der Waals surface area (Å²) in [4.78, 5) is 12.8. The highest BCUT2D eigenvalue weighted by Crippen LogP contribution is 2.27. The van der Waals surface area contributed by atoms with Gasteiger partial charge in [-0.2, -0.15) is 0 Å². The summed E-state index contributed by atoms with van der Waals surface area (Å²) in [6, 6.07) is 21.3. The molecule has 0 saturated carbocycles. The van der Waals surface area contributed by atoms with Gasteiger partial charge >= 0.3 is 0 Å². The highest BCUT2D eigenvalue weighted by Gasteiger charge is 2.11. The fraction of sp³-hybridized carbons (Fsp3) is 0.160. The van der Waals surface area contributed by atoms with E-state index >= 15 is 0 Å². The van der Waals surface area contributed by atoms with Gasteiger partial charge in [0.1, 0.15) is 23.3 Å². The number of aryl methyl sites for hydroxylation is 2. The topological polar surface area (TPSA) is 48.7 Å². The molecule has 4 rings (SSSR count). The number of hydrogen-bond acceptors (Lipinski definition) is 4. The zero-order valence-corrected chi connectivity index (χ0v) is 16.5. The smallest absolute Gasteiger partial charge is 0.235 e. The molecule has 1 aromatic heterocycles. The van der Waals surface area contributed by atoms with Crippen LogP contribution in [0.15, 0.2) is 82.2 Å². The van der Waals surface area contributed by atoms with Crippen molar-refractivity contribution in [3.05, 3.63) is 99.9 Å². The molecule has 29 heavy (non-hydrogen) atoms. The van der Waals surface area contributed by atoms with Gasteiger partial charge in [-0.1, -0.05) is 42.5 Å². The Kier molecular flexibility index (Phi) is 5.34. The van der Waals surface area contributed by atoms with Gasteiger partial charge in [-0.3, -0.25) is 4.79 Å². The molecular weight excluding hydrogens is 364 g/mol. The monoisotopic (exact) mass is 386 g/mol. The summed E-state index contributed by atoms with van der Waals surface area (Å²) >= 11 is 0. The fourth-order valence-corrected chi connectivity index (χ4v) is 3.12. The molecule has 0 amide bonds. The highest BCUT2D eigenvalue weighted by atomic mass is 16.5. The molecule has 0 bridgehead atoms. The third-order valence-electron chi connectivity index (χ3n) is 4.78. The lowest BCUT2D eigenvalue weighted by Gasteiger charge is -2.10. The van der Waals surface area contributed by atoms with Crippen molar-refractivity contribution in [3.8, 4) is 17.2 Å². The standard InChI is InChI=1S/C25H22O4/c1-17-8-9-18(2)22(14-17)29-24-16-28-23-15-20(10-11-21(23)25(24)26)27-13-12-19-6-4-3-5-7-19/h3-11,14-16H,12-13H2,1-2H3. The van der Waals surface area contributed by atoms with E-state index in [0.29, 0.717) is 29.1 Å². The number of hydrogen-bond donors (Lipinski definition) is 0. The van der Waals surface area contributed by atoms with E-state index in [9.17, 15) is 4.79 Å². The predicted octanol–water partition coefficient (Wildman–Crippen LogP) is 5.82. The van der Waals surface area contributed by atoms with Crippen LogP contribution in [0.25, 0.3) is 11.0 Å². The summed E-state index contributed by atoms with van der Waals surface area (Å²) in [5, 5.41) is 0.461. The van der Waals surface area contributed by atoms with Gasteiger partial charge in [-0.05, 0) is 48.7 Å². The van der Waals surface area contributed by atoms with Crippen molar-refractivity contribution in [1.29, 1.82) is 0 Å². The molecule has 0 fully saturated rings. The summed E-state index contributed by atoms with van der Waals surface area (Å²) in [6.07, 6.45) is 2.17. The maximum atomic E-state index is 12.8. The van der Waals surface area contributed by atoms with E-state index in [-0.39, 0.29) is 11.2 Å². The van der Waals surface area contributed by atoms with Crippen LogP contribution in [0.2, 0.25) is 0 Å². The summed E-state index contributed by atoms with van der Waals surface area (Å²) < 4.78 is 17.3. The van der Waals surface area contributed by atoms with Crippen molar-refractivity contribution in [2.75, 3.05) is 6.61 Å². The second-order valence-corrected chi connectivity index (χ2v) is 7.04. The van der Waals surface area contributed by atoms with Gasteiger partial charge in [0.2, 0.25) is 11.2 Å². The lowest BCUT2D eigenvalue weighted by atomic mass is 10.1. The quantitative estimate of drug-likeness (QED) is 0.419. The molecule has 1 heterocycles. The summed E-state index contributed by atoms with van der Waals surface area (Å²) in [5.74, 6) is 1.49. The van der Waals surface area contributed by atoms with Gasteiger partial charge in [-0.15, -0.1) is 0 Å². The van der Waals surface area contributed by atoms with Crippen LogP contribution in [0.5, 0.6) is 17.2 Å². The second-order valence-electron chi connectivity index (χ2n) is 7.04. The van der Waals surface area contributed by atoms with E-state index in [1.807, 2.05) is 50.2 Å². The lowest BCUT2D eigenvalue weighted by molar-refractivity contribution is 0.322. The third kappa shape index (κ3) is 4.32. The van der Waals surface area contributed by atoms with Crippen LogP contribution in [0.3, 0.4) is 0 Å². The zero-order valence-electron chi connectivity index (χ0n) is 16.5. The minimum Gasteiger partial charge on any atom is -0.493 e. The molecule has 0 unspecified atom stereocenters. The first kappa shape index (κ1) is 18.8. The molecule has 0 aliphatic carbocycles. The summed E-state index contributed by atoms with van der Waals surface area (Å²) in [7, 11) is 0. The maximum absolute atomic E-state index is 12.8. The SMILES string of the molecule is Cc1ccc(C)c(Oc2coc3cc(OCCc4ccccc4)ccc3c2=O)c1. The van der Waals surface area contributed by atoms with Gasteiger partial charge in [-0.25, -0.2) is 0 Å². The zero-order chi connectivity index (χ0) is 20.2. The highest BCUT2D eigenvalue weighted by molar-refractivity contribution is 5.79. The number of fused-ring (bicyclic) bond motifs is 1. The van der Waals surface area contributed by atoms with E-state index in [4.69, 9.17) is 13.9 Å². The van der Waals surface area contributed by atoms with Crippen LogP contribution >= 0.6 is 0 Å². The van der Waals surface area contributed by atoms with Crippen LogP contribution in [-0.2, 0) is 6.42 Å². The Morgan fingerprint density at radius 1 is 0.897 bits per heavy atom. The van der Waals surface area contributed by atoms with E-state index < -0.39 is 0 Å². The van der Waals surface area contributed by atoms with Crippen LogP contribution in [0.4, 0.5) is 0 Å². The van der Waals surface area contributed by atoms with Gasteiger partial charge in [0.25, 0.3) is 0 Å². The Balaban J connectivity index is 1.52. The van der Waals surface area contributed by atoms with Gasteiger partial charge < -0.3 is 13.9 Å². The van der Waals surface area contributed by atoms with Crippen LogP contribution in [0.1, 0.15) is 16.7 Å². The molecule has 4 aromatic rings. The van der Waals surface area contributed by atoms with E-state index in [1.54, 1.807) is 18.2 Å². The van der Waals surface area contributed by atoms with Crippen molar-refractivity contribution >= 4 is 11.0 Å². The number of rotatable bonds is 6. The average Bonchev–Trinajstić information content (AvgIpc) is 2.73. The van der Waals surface area contributed by atoms with Gasteiger partial charge in [0.15, 0.2) is 0 Å². The van der Waals surface area contributed by atoms with E-state index in [0.717, 1.165) is 17.5 Å². The molecule has 0 aliphatic rings. The first-order valence-electron chi connectivity index (χ1n) is 9.57. The van der Waals surface area contributed by atoms with Crippen molar-refractivity contribution in [2.24, 2.45) is 0 Å². The molecule has 0 aliphatic heterocycles. The minimum atomic E-state index is -0.206. The Hall–Kier alpha value is -3.53. The second kappa shape index (κ2) is 8.23. The maximum Gasteiger partial charge on any atom is 0.235 e. The fourth-order valence-electron chi connectivity index (χ4n) is 3.12. The van der Waals surface area contributed by atoms with Gasteiger partial charge in [0.05, 0.1) is 12.0 Å². The Morgan fingerprint density at radius 3 is 2.55 bits per heavy atom. The molecule has 0 saturated heterocycles. The summed E-state index contributed by atoms with van der Waals surface area (Å²) in [6.45, 7) is 4.47. The minimum absolute atomic E-state index is 0.170. The average molecular weight is 386 g/mol. The largest absolute Gasteiger partial charge is 0.493 e. The predicted molar refractivity (Wildman–Crippen MR) is 114 cm³/mol. The summed E-state index contributed by atoms with van der Waals surface area (Å²) in [5.41, 5.74) is 3.50. The molecule has 0 atom stereocenters. The van der Waals surface area contributed by atoms with E-state index in [1.165, 1.54) is 11.8 Å². The number of ether oxygens (including phenoxy) is 2. The molecule has 3 aromatic carbocycles. The molecule has 4 nitrogen and oxygen atoms in total. The molecular formula is C25H22O4. The third-order valence-corrected chi connectivity index (χ3v) is 4.78. The van der Waals surface area contributed by atoms with Crippen LogP contribution < -0.4 is 14.9 Å². The van der Waals surface area contributed by atoms with Crippen LogP contribution in [-0.4, -0.2) is 6.61 Å². The van der Waals surface area contributed by atoms with Crippen LogP contribution in [0, 0.1) is 13.8 Å². The normalized spacial score (nSPS) is 10.8. The van der Waals surface area contributed by atoms with Crippen molar-refractivity contribution in [3.63, 3.8) is 0 Å². The molecule has 4 heteroatoms. The van der Waals surface area contributed by atoms with Crippen molar-refractivity contribution in [2.45, 2.75) is 20.3 Å². The van der Waals surface area contributed by atoms with Gasteiger partial charge in [0, 0.05) is 12.5 Å². The molecule has 146 valence electrons. The first-order valence-corrected chi connectivity index (χ1v) is 9.57.